The Bertz CT molecular complexity index is 530. The van der Waals surface area contributed by atoms with E-state index in [1.165, 1.54) is 15.9 Å². The first-order valence-corrected chi connectivity index (χ1v) is 7.98. The van der Waals surface area contributed by atoms with E-state index >= 15 is 0 Å². The number of hydrogen-bond donors (Lipinski definition) is 0. The minimum absolute atomic E-state index is 0. The van der Waals surface area contributed by atoms with Crippen LogP contribution in [0, 0.1) is 7.43 Å². The van der Waals surface area contributed by atoms with Gasteiger partial charge in [-0.2, -0.15) is 0 Å². The van der Waals surface area contributed by atoms with Crippen LogP contribution in [-0.4, -0.2) is 0 Å². The minimum atomic E-state index is -0.877. The van der Waals surface area contributed by atoms with Crippen LogP contribution in [0.15, 0.2) is 91.0 Å². The standard InChI is InChI=1S/C18H15P.CH3.Au/c1-4-10-16(11-5-1)19(17-12-6-2-7-13-17)18-14-8-3-9-15-18;;/h1-15H;1H3;/q;-1;+1/p+1. The predicted molar refractivity (Wildman–Crippen MR) is 93.0 cm³/mol. The van der Waals surface area contributed by atoms with Crippen molar-refractivity contribution in [3.8, 4) is 0 Å². The molecule has 0 radical (unpaired) electrons. The summed E-state index contributed by atoms with van der Waals surface area (Å²) in [5.41, 5.74) is 0. The molecule has 0 aliphatic carbocycles. The van der Waals surface area contributed by atoms with Crippen LogP contribution in [0.1, 0.15) is 0 Å². The minimum Gasteiger partial charge on any atom is -0.358 e. The van der Waals surface area contributed by atoms with Crippen LogP contribution in [0.2, 0.25) is 0 Å². The van der Waals surface area contributed by atoms with Crippen molar-refractivity contribution in [2.24, 2.45) is 0 Å². The van der Waals surface area contributed by atoms with E-state index < -0.39 is 7.92 Å². The normalized spacial score (nSPS) is 9.57. The van der Waals surface area contributed by atoms with E-state index in [2.05, 4.69) is 91.0 Å². The van der Waals surface area contributed by atoms with Crippen LogP contribution in [-0.2, 0) is 22.4 Å². The first-order chi connectivity index (χ1) is 9.45. The summed E-state index contributed by atoms with van der Waals surface area (Å²) in [4.78, 5) is 0. The van der Waals surface area contributed by atoms with Crippen molar-refractivity contribution in [1.82, 2.24) is 0 Å². The van der Waals surface area contributed by atoms with Crippen molar-refractivity contribution in [2.45, 2.75) is 0 Å². The van der Waals surface area contributed by atoms with Gasteiger partial charge in [0.1, 0.15) is 15.9 Å². The van der Waals surface area contributed by atoms with Gasteiger partial charge < -0.3 is 7.43 Å². The summed E-state index contributed by atoms with van der Waals surface area (Å²) in [7, 11) is -0.877. The molecule has 0 saturated carbocycles. The molecule has 0 aromatic heterocycles. The fraction of sp³-hybridized carbons (Fsp3) is 0. The van der Waals surface area contributed by atoms with E-state index in [0.717, 1.165) is 0 Å². The molecule has 0 saturated heterocycles. The molecule has 0 aliphatic rings. The third-order valence-electron chi connectivity index (χ3n) is 3.19. The molecule has 0 spiro atoms. The summed E-state index contributed by atoms with van der Waals surface area (Å²) in [6.07, 6.45) is 0. The zero-order valence-corrected chi connectivity index (χ0v) is 15.1. The maximum Gasteiger partial charge on any atom is 1.00 e. The average molecular weight is 475 g/mol. The Labute approximate surface area is 144 Å². The van der Waals surface area contributed by atoms with Gasteiger partial charge in [-0.3, -0.25) is 0 Å². The Hall–Kier alpha value is -1.17. The second-order valence-electron chi connectivity index (χ2n) is 4.47. The molecule has 110 valence electrons. The van der Waals surface area contributed by atoms with E-state index in [4.69, 9.17) is 0 Å². The van der Waals surface area contributed by atoms with Crippen molar-refractivity contribution in [3.63, 3.8) is 0 Å². The second kappa shape index (κ2) is 8.97. The molecule has 0 fully saturated rings. The average Bonchev–Trinajstić information content (AvgIpc) is 2.51. The van der Waals surface area contributed by atoms with E-state index in [9.17, 15) is 0 Å². The summed E-state index contributed by atoms with van der Waals surface area (Å²) >= 11 is 0. The van der Waals surface area contributed by atoms with Gasteiger partial charge in [-0.1, -0.05) is 54.6 Å². The first-order valence-electron chi connectivity index (χ1n) is 6.48. The van der Waals surface area contributed by atoms with Crippen LogP contribution in [0.3, 0.4) is 0 Å². The van der Waals surface area contributed by atoms with Gasteiger partial charge in [0.05, 0.1) is 7.92 Å². The molecule has 0 atom stereocenters. The SMILES string of the molecule is [Au+].[CH3-].c1ccc([PH+](c2ccccc2)c2ccccc2)cc1. The molecule has 3 aromatic carbocycles. The van der Waals surface area contributed by atoms with Gasteiger partial charge in [-0.15, -0.1) is 0 Å². The Morgan fingerprint density at radius 1 is 0.429 bits per heavy atom. The van der Waals surface area contributed by atoms with Crippen LogP contribution >= 0.6 is 7.92 Å². The fourth-order valence-corrected chi connectivity index (χ4v) is 4.89. The largest absolute Gasteiger partial charge is 1.00 e. The number of hydrogen-bond acceptors (Lipinski definition) is 0. The zero-order valence-electron chi connectivity index (χ0n) is 12.0. The van der Waals surface area contributed by atoms with Gasteiger partial charge in [-0.05, 0) is 36.4 Å². The number of rotatable bonds is 3. The molecule has 0 N–H and O–H groups in total. The zero-order chi connectivity index (χ0) is 12.9. The maximum absolute atomic E-state index is 2.24. The summed E-state index contributed by atoms with van der Waals surface area (Å²) in [6, 6.07) is 32.5. The van der Waals surface area contributed by atoms with E-state index in [-0.39, 0.29) is 29.8 Å². The molecule has 2 heteroatoms. The van der Waals surface area contributed by atoms with Crippen molar-refractivity contribution >= 4 is 23.8 Å². The number of benzene rings is 3. The molecule has 0 heterocycles. The van der Waals surface area contributed by atoms with Crippen LogP contribution in [0.5, 0.6) is 0 Å². The van der Waals surface area contributed by atoms with E-state index in [1.807, 2.05) is 0 Å². The summed E-state index contributed by atoms with van der Waals surface area (Å²) < 4.78 is 0. The molecule has 21 heavy (non-hydrogen) atoms. The molecule has 3 aromatic rings. The van der Waals surface area contributed by atoms with E-state index in [1.54, 1.807) is 0 Å². The molecular weight excluding hydrogens is 456 g/mol. The molecule has 3 rings (SSSR count). The third kappa shape index (κ3) is 4.40. The van der Waals surface area contributed by atoms with Crippen molar-refractivity contribution in [1.29, 1.82) is 0 Å². The van der Waals surface area contributed by atoms with Gasteiger partial charge in [0.2, 0.25) is 0 Å². The van der Waals surface area contributed by atoms with Crippen molar-refractivity contribution < 1.29 is 22.4 Å². The Kier molecular flexibility index (Phi) is 7.64. The summed E-state index contributed by atoms with van der Waals surface area (Å²) in [6.45, 7) is 0. The molecular formula is C19H19AuP+. The molecule has 0 amide bonds. The monoisotopic (exact) mass is 475 g/mol. The molecule has 0 unspecified atom stereocenters. The maximum atomic E-state index is 2.24. The summed E-state index contributed by atoms with van der Waals surface area (Å²) in [5.74, 6) is 0. The van der Waals surface area contributed by atoms with Crippen molar-refractivity contribution in [2.75, 3.05) is 0 Å². The van der Waals surface area contributed by atoms with Gasteiger partial charge in [0, 0.05) is 0 Å². The van der Waals surface area contributed by atoms with Crippen molar-refractivity contribution in [3.05, 3.63) is 98.4 Å². The first kappa shape index (κ1) is 17.9. The third-order valence-corrected chi connectivity index (χ3v) is 5.92. The Morgan fingerprint density at radius 2 is 0.667 bits per heavy atom. The Balaban J connectivity index is 0.00000110. The van der Waals surface area contributed by atoms with Gasteiger partial charge in [-0.25, -0.2) is 0 Å². The quantitative estimate of drug-likeness (QED) is 0.309. The predicted octanol–water partition coefficient (Wildman–Crippen LogP) is 3.62. The van der Waals surface area contributed by atoms with Crippen LogP contribution in [0.25, 0.3) is 0 Å². The topological polar surface area (TPSA) is 0 Å². The second-order valence-corrected chi connectivity index (χ2v) is 6.96. The van der Waals surface area contributed by atoms with Gasteiger partial charge in [0.15, 0.2) is 0 Å². The van der Waals surface area contributed by atoms with Crippen LogP contribution < -0.4 is 15.9 Å². The summed E-state index contributed by atoms with van der Waals surface area (Å²) in [5, 5.41) is 4.31. The van der Waals surface area contributed by atoms with Gasteiger partial charge >= 0.3 is 22.4 Å². The molecule has 0 aliphatic heterocycles. The Morgan fingerprint density at radius 3 is 0.905 bits per heavy atom. The van der Waals surface area contributed by atoms with Gasteiger partial charge in [0.25, 0.3) is 0 Å². The molecule has 0 bridgehead atoms. The smallest absolute Gasteiger partial charge is 0.358 e. The van der Waals surface area contributed by atoms with Crippen LogP contribution in [0.4, 0.5) is 0 Å². The van der Waals surface area contributed by atoms with E-state index in [0.29, 0.717) is 0 Å². The fourth-order valence-electron chi connectivity index (χ4n) is 2.31. The molecule has 0 nitrogen and oxygen atoms in total.